The first-order valence-corrected chi connectivity index (χ1v) is 5.52. The zero-order valence-corrected chi connectivity index (χ0v) is 10.1. The summed E-state index contributed by atoms with van der Waals surface area (Å²) in [7, 11) is 0. The predicted molar refractivity (Wildman–Crippen MR) is 68.0 cm³/mol. The van der Waals surface area contributed by atoms with Crippen molar-refractivity contribution in [2.75, 3.05) is 5.32 Å². The molecule has 15 heavy (non-hydrogen) atoms. The van der Waals surface area contributed by atoms with Gasteiger partial charge in [0.25, 0.3) is 0 Å². The standard InChI is InChI=1S/C10H8BrN3S/c11-8-6-12-14(7-8)10(15)13-9-4-2-1-3-5-9/h1-7H,(H,13,15). The number of hydrogen-bond acceptors (Lipinski definition) is 2. The lowest BCUT2D eigenvalue weighted by atomic mass is 10.3. The summed E-state index contributed by atoms with van der Waals surface area (Å²) in [6.07, 6.45) is 3.50. The van der Waals surface area contributed by atoms with Crippen LogP contribution in [0.4, 0.5) is 5.69 Å². The van der Waals surface area contributed by atoms with E-state index in [0.717, 1.165) is 10.2 Å². The van der Waals surface area contributed by atoms with Crippen molar-refractivity contribution in [3.63, 3.8) is 0 Å². The van der Waals surface area contributed by atoms with E-state index in [1.807, 2.05) is 30.3 Å². The van der Waals surface area contributed by atoms with Crippen LogP contribution >= 0.6 is 28.1 Å². The molecule has 3 nitrogen and oxygen atoms in total. The maximum absolute atomic E-state index is 5.18. The van der Waals surface area contributed by atoms with Gasteiger partial charge in [-0.25, -0.2) is 4.68 Å². The molecule has 0 amide bonds. The van der Waals surface area contributed by atoms with Gasteiger partial charge in [0.15, 0.2) is 5.11 Å². The van der Waals surface area contributed by atoms with Crippen LogP contribution in [0.2, 0.25) is 0 Å². The Morgan fingerprint density at radius 3 is 2.67 bits per heavy atom. The molecule has 76 valence electrons. The SMILES string of the molecule is S=C(Nc1ccccc1)n1cc(Br)cn1. The number of halogens is 1. The van der Waals surface area contributed by atoms with E-state index in [1.54, 1.807) is 17.1 Å². The van der Waals surface area contributed by atoms with Crippen molar-refractivity contribution in [1.82, 2.24) is 9.78 Å². The van der Waals surface area contributed by atoms with E-state index in [0.29, 0.717) is 5.11 Å². The highest BCUT2D eigenvalue weighted by atomic mass is 79.9. The molecular weight excluding hydrogens is 274 g/mol. The van der Waals surface area contributed by atoms with Crippen LogP contribution in [0, 0.1) is 0 Å². The average molecular weight is 282 g/mol. The summed E-state index contributed by atoms with van der Waals surface area (Å²) in [6.45, 7) is 0. The van der Waals surface area contributed by atoms with Crippen LogP contribution in [-0.4, -0.2) is 14.9 Å². The number of nitrogens with one attached hydrogen (secondary N) is 1. The summed E-state index contributed by atoms with van der Waals surface area (Å²) in [4.78, 5) is 0. The summed E-state index contributed by atoms with van der Waals surface area (Å²) in [5.74, 6) is 0. The highest BCUT2D eigenvalue weighted by Gasteiger charge is 2.01. The number of para-hydroxylation sites is 1. The van der Waals surface area contributed by atoms with Crippen molar-refractivity contribution >= 4 is 38.9 Å². The molecule has 1 heterocycles. The van der Waals surface area contributed by atoms with E-state index in [4.69, 9.17) is 12.2 Å². The summed E-state index contributed by atoms with van der Waals surface area (Å²) >= 11 is 8.50. The molecule has 2 rings (SSSR count). The molecular formula is C10H8BrN3S. The molecule has 0 radical (unpaired) electrons. The van der Waals surface area contributed by atoms with Crippen LogP contribution in [0.1, 0.15) is 0 Å². The van der Waals surface area contributed by atoms with E-state index in [9.17, 15) is 0 Å². The zero-order chi connectivity index (χ0) is 10.7. The molecule has 1 N–H and O–H groups in total. The van der Waals surface area contributed by atoms with Crippen LogP contribution in [0.3, 0.4) is 0 Å². The van der Waals surface area contributed by atoms with E-state index in [1.165, 1.54) is 0 Å². The maximum atomic E-state index is 5.18. The Bertz CT molecular complexity index is 467. The van der Waals surface area contributed by atoms with Crippen molar-refractivity contribution in [3.8, 4) is 0 Å². The molecule has 0 saturated carbocycles. The molecule has 0 aliphatic rings. The molecule has 5 heteroatoms. The Hall–Kier alpha value is -1.20. The van der Waals surface area contributed by atoms with E-state index >= 15 is 0 Å². The molecule has 0 atom stereocenters. The average Bonchev–Trinajstić information content (AvgIpc) is 2.66. The first-order valence-electron chi connectivity index (χ1n) is 4.32. The fourth-order valence-corrected chi connectivity index (χ4v) is 1.62. The quantitative estimate of drug-likeness (QED) is 0.816. The van der Waals surface area contributed by atoms with Gasteiger partial charge in [0, 0.05) is 11.9 Å². The molecule has 0 aliphatic carbocycles. The van der Waals surface area contributed by atoms with Crippen LogP contribution in [0.5, 0.6) is 0 Å². The molecule has 0 unspecified atom stereocenters. The van der Waals surface area contributed by atoms with Gasteiger partial charge in [-0.1, -0.05) is 18.2 Å². The lowest BCUT2D eigenvalue weighted by molar-refractivity contribution is 0.947. The molecule has 0 fully saturated rings. The van der Waals surface area contributed by atoms with E-state index < -0.39 is 0 Å². The van der Waals surface area contributed by atoms with Gasteiger partial charge in [0.2, 0.25) is 0 Å². The van der Waals surface area contributed by atoms with Gasteiger partial charge in [-0.2, -0.15) is 5.10 Å². The van der Waals surface area contributed by atoms with Gasteiger partial charge in [-0.05, 0) is 40.3 Å². The Labute approximate surface area is 101 Å². The lowest BCUT2D eigenvalue weighted by Gasteiger charge is -2.06. The number of aromatic nitrogens is 2. The van der Waals surface area contributed by atoms with Crippen molar-refractivity contribution in [2.24, 2.45) is 0 Å². The third kappa shape index (κ3) is 2.64. The lowest BCUT2D eigenvalue weighted by Crippen LogP contribution is -2.19. The maximum Gasteiger partial charge on any atom is 0.198 e. The fraction of sp³-hybridized carbons (Fsp3) is 0. The smallest absolute Gasteiger partial charge is 0.198 e. The molecule has 0 bridgehead atoms. The molecule has 0 aliphatic heterocycles. The van der Waals surface area contributed by atoms with Gasteiger partial charge in [-0.3, -0.25) is 0 Å². The van der Waals surface area contributed by atoms with Crippen molar-refractivity contribution in [3.05, 3.63) is 47.2 Å². The van der Waals surface area contributed by atoms with Gasteiger partial charge < -0.3 is 5.32 Å². The Morgan fingerprint density at radius 1 is 1.33 bits per heavy atom. The van der Waals surface area contributed by atoms with E-state index in [2.05, 4.69) is 26.3 Å². The van der Waals surface area contributed by atoms with Crippen molar-refractivity contribution in [2.45, 2.75) is 0 Å². The molecule has 0 spiro atoms. The first kappa shape index (κ1) is 10.3. The number of benzene rings is 1. The summed E-state index contributed by atoms with van der Waals surface area (Å²) < 4.78 is 2.51. The van der Waals surface area contributed by atoms with Gasteiger partial charge in [0.1, 0.15) is 0 Å². The second-order valence-corrected chi connectivity index (χ2v) is 4.20. The fourth-order valence-electron chi connectivity index (χ4n) is 1.11. The Morgan fingerprint density at radius 2 is 2.07 bits per heavy atom. The molecule has 2 aromatic rings. The molecule has 1 aromatic heterocycles. The topological polar surface area (TPSA) is 29.9 Å². The van der Waals surface area contributed by atoms with Gasteiger partial charge >= 0.3 is 0 Å². The van der Waals surface area contributed by atoms with Crippen molar-refractivity contribution < 1.29 is 0 Å². The minimum Gasteiger partial charge on any atom is -0.331 e. The van der Waals surface area contributed by atoms with Crippen LogP contribution in [-0.2, 0) is 0 Å². The zero-order valence-electron chi connectivity index (χ0n) is 7.72. The van der Waals surface area contributed by atoms with Crippen LogP contribution in [0.15, 0.2) is 47.2 Å². The monoisotopic (exact) mass is 281 g/mol. The van der Waals surface area contributed by atoms with Crippen LogP contribution < -0.4 is 5.32 Å². The first-order chi connectivity index (χ1) is 7.25. The summed E-state index contributed by atoms with van der Waals surface area (Å²) in [6, 6.07) is 9.75. The largest absolute Gasteiger partial charge is 0.331 e. The number of hydrogen-bond donors (Lipinski definition) is 1. The second-order valence-electron chi connectivity index (χ2n) is 2.90. The Balaban J connectivity index is 2.11. The summed E-state index contributed by atoms with van der Waals surface area (Å²) in [5.41, 5.74) is 0.953. The Kier molecular flexibility index (Phi) is 3.13. The number of rotatable bonds is 1. The highest BCUT2D eigenvalue weighted by Crippen LogP contribution is 2.09. The number of anilines is 1. The van der Waals surface area contributed by atoms with Gasteiger partial charge in [0.05, 0.1) is 10.7 Å². The van der Waals surface area contributed by atoms with E-state index in [-0.39, 0.29) is 0 Å². The van der Waals surface area contributed by atoms with Crippen LogP contribution in [0.25, 0.3) is 0 Å². The number of nitrogens with zero attached hydrogens (tertiary/aromatic N) is 2. The molecule has 0 saturated heterocycles. The van der Waals surface area contributed by atoms with Crippen molar-refractivity contribution in [1.29, 1.82) is 0 Å². The summed E-state index contributed by atoms with van der Waals surface area (Å²) in [5, 5.41) is 7.71. The minimum absolute atomic E-state index is 0.548. The number of thiocarbonyl (C=S) groups is 1. The predicted octanol–water partition coefficient (Wildman–Crippen LogP) is 2.89. The second kappa shape index (κ2) is 4.55. The third-order valence-electron chi connectivity index (χ3n) is 1.78. The molecule has 1 aromatic carbocycles. The minimum atomic E-state index is 0.548. The highest BCUT2D eigenvalue weighted by molar-refractivity contribution is 9.10. The third-order valence-corrected chi connectivity index (χ3v) is 2.48. The normalized spacial score (nSPS) is 9.93. The van der Waals surface area contributed by atoms with Gasteiger partial charge in [-0.15, -0.1) is 0 Å².